The number of amides is 1. The molecule has 7 unspecified atom stereocenters. The Bertz CT molecular complexity index is 1520. The summed E-state index contributed by atoms with van der Waals surface area (Å²) in [6, 6.07) is -0.830. The molecule has 0 aliphatic carbocycles. The van der Waals surface area contributed by atoms with Gasteiger partial charge in [0.25, 0.3) is 0 Å². The number of aliphatic hydroxyl groups excluding tert-OH is 5. The van der Waals surface area contributed by atoms with Crippen molar-refractivity contribution in [1.82, 2.24) is 5.32 Å². The van der Waals surface area contributed by atoms with Gasteiger partial charge in [0.05, 0.1) is 25.4 Å². The number of hydrogen-bond acceptors (Lipinski definition) is 8. The van der Waals surface area contributed by atoms with Crippen molar-refractivity contribution in [3.8, 4) is 0 Å². The molecule has 9 nitrogen and oxygen atoms in total. The van der Waals surface area contributed by atoms with Crippen molar-refractivity contribution in [2.45, 2.75) is 371 Å². The highest BCUT2D eigenvalue weighted by Gasteiger charge is 2.44. The molecule has 1 aliphatic heterocycles. The molecule has 1 rings (SSSR count). The van der Waals surface area contributed by atoms with Crippen LogP contribution in [0.25, 0.3) is 0 Å². The van der Waals surface area contributed by atoms with Gasteiger partial charge in [0, 0.05) is 6.42 Å². The summed E-state index contributed by atoms with van der Waals surface area (Å²) in [4.78, 5) is 13.1. The highest BCUT2D eigenvalue weighted by molar-refractivity contribution is 5.76. The number of ether oxygens (including phenoxy) is 2. The van der Waals surface area contributed by atoms with Gasteiger partial charge in [-0.2, -0.15) is 0 Å². The standard InChI is InChI=1S/C73H133NO8/c1-3-5-7-9-11-13-15-17-19-21-23-25-26-27-28-29-30-31-32-33-34-35-36-37-38-39-40-41-42-43-45-47-49-51-53-55-57-59-61-63-69(77)74-66(65-81-73-72(80)71(79)70(78)68(64-75)82-73)67(76)62-60-58-56-54-52-50-48-46-44-24-22-20-18-16-14-12-10-8-6-4-2/h15,17,21,23,26-27,44,46,52,54,60,62,66-68,70-73,75-76,78-80H,3-14,16,18-20,22,24-25,28-43,45,47-51,53,55-59,61,63-65H2,1-2H3,(H,74,77)/b17-15-,23-21-,27-26-,46-44+,54-52+,62-60+. The van der Waals surface area contributed by atoms with Gasteiger partial charge in [0.2, 0.25) is 5.91 Å². The summed E-state index contributed by atoms with van der Waals surface area (Å²) in [6.07, 6.45) is 80.2. The van der Waals surface area contributed by atoms with Crippen molar-refractivity contribution in [2.24, 2.45) is 0 Å². The molecular weight excluding hydrogens is 1020 g/mol. The summed E-state index contributed by atoms with van der Waals surface area (Å²) in [5, 5.41) is 54.7. The molecule has 0 spiro atoms. The van der Waals surface area contributed by atoms with Crippen molar-refractivity contribution in [2.75, 3.05) is 13.2 Å². The second kappa shape index (κ2) is 61.7. The van der Waals surface area contributed by atoms with E-state index < -0.39 is 49.5 Å². The highest BCUT2D eigenvalue weighted by atomic mass is 16.7. The lowest BCUT2D eigenvalue weighted by molar-refractivity contribution is -0.302. The molecule has 82 heavy (non-hydrogen) atoms. The van der Waals surface area contributed by atoms with Gasteiger partial charge in [-0.15, -0.1) is 0 Å². The first-order valence-electron chi connectivity index (χ1n) is 35.2. The van der Waals surface area contributed by atoms with Crippen LogP contribution in [0, 0.1) is 0 Å². The molecule has 0 saturated carbocycles. The van der Waals surface area contributed by atoms with Crippen molar-refractivity contribution in [3.05, 3.63) is 72.9 Å². The van der Waals surface area contributed by atoms with Crippen LogP contribution in [-0.2, 0) is 14.3 Å². The first kappa shape index (κ1) is 77.6. The van der Waals surface area contributed by atoms with Gasteiger partial charge in [0.15, 0.2) is 6.29 Å². The molecule has 0 bridgehead atoms. The number of allylic oxidation sites excluding steroid dienone is 11. The molecule has 0 aromatic carbocycles. The van der Waals surface area contributed by atoms with Gasteiger partial charge in [-0.3, -0.25) is 4.79 Å². The Kier molecular flexibility index (Phi) is 58.4. The summed E-state index contributed by atoms with van der Waals surface area (Å²) in [7, 11) is 0. The van der Waals surface area contributed by atoms with E-state index in [1.807, 2.05) is 6.08 Å². The lowest BCUT2D eigenvalue weighted by Gasteiger charge is -2.40. The number of aliphatic hydroxyl groups is 5. The molecule has 0 aromatic rings. The number of unbranched alkanes of at least 4 members (excludes halogenated alkanes) is 41. The summed E-state index contributed by atoms with van der Waals surface area (Å²) in [5.74, 6) is -0.187. The first-order chi connectivity index (χ1) is 40.3. The molecule has 7 atom stereocenters. The average molecular weight is 1150 g/mol. The third-order valence-corrected chi connectivity index (χ3v) is 16.5. The van der Waals surface area contributed by atoms with Crippen LogP contribution in [0.15, 0.2) is 72.9 Å². The topological polar surface area (TPSA) is 149 Å². The van der Waals surface area contributed by atoms with Crippen molar-refractivity contribution in [1.29, 1.82) is 0 Å². The fourth-order valence-corrected chi connectivity index (χ4v) is 11.0. The minimum absolute atomic E-state index is 0.187. The molecule has 0 radical (unpaired) electrons. The van der Waals surface area contributed by atoms with E-state index in [1.165, 1.54) is 250 Å². The third kappa shape index (κ3) is 49.8. The van der Waals surface area contributed by atoms with Gasteiger partial charge in [0.1, 0.15) is 24.4 Å². The molecule has 0 aromatic heterocycles. The predicted molar refractivity (Wildman–Crippen MR) is 350 cm³/mol. The van der Waals surface area contributed by atoms with E-state index in [2.05, 4.69) is 79.9 Å². The Morgan fingerprint density at radius 1 is 0.415 bits per heavy atom. The van der Waals surface area contributed by atoms with Crippen LogP contribution >= 0.6 is 0 Å². The van der Waals surface area contributed by atoms with E-state index in [0.29, 0.717) is 6.42 Å². The van der Waals surface area contributed by atoms with E-state index >= 15 is 0 Å². The van der Waals surface area contributed by atoms with Crippen LogP contribution in [0.4, 0.5) is 0 Å². The summed E-state index contributed by atoms with van der Waals surface area (Å²) in [6.45, 7) is 3.77. The van der Waals surface area contributed by atoms with Gasteiger partial charge < -0.3 is 40.3 Å². The normalized spacial score (nSPS) is 18.7. The molecule has 1 aliphatic rings. The van der Waals surface area contributed by atoms with Crippen LogP contribution < -0.4 is 5.32 Å². The first-order valence-corrected chi connectivity index (χ1v) is 35.2. The van der Waals surface area contributed by atoms with Gasteiger partial charge in [-0.05, 0) is 83.5 Å². The maximum absolute atomic E-state index is 13.1. The average Bonchev–Trinajstić information content (AvgIpc) is 3.52. The largest absolute Gasteiger partial charge is 0.394 e. The fraction of sp³-hybridized carbons (Fsp3) is 0.822. The number of nitrogens with one attached hydrogen (secondary N) is 1. The smallest absolute Gasteiger partial charge is 0.220 e. The minimum atomic E-state index is -1.58. The number of rotatable bonds is 61. The Labute approximate surface area is 506 Å². The summed E-state index contributed by atoms with van der Waals surface area (Å²) in [5.41, 5.74) is 0. The second-order valence-corrected chi connectivity index (χ2v) is 24.3. The van der Waals surface area contributed by atoms with Crippen LogP contribution in [0.3, 0.4) is 0 Å². The van der Waals surface area contributed by atoms with E-state index in [0.717, 1.165) is 57.8 Å². The molecule has 1 fully saturated rings. The van der Waals surface area contributed by atoms with Gasteiger partial charge in [-0.1, -0.05) is 311 Å². The maximum Gasteiger partial charge on any atom is 0.220 e. The monoisotopic (exact) mass is 1150 g/mol. The van der Waals surface area contributed by atoms with Crippen LogP contribution in [-0.4, -0.2) is 87.5 Å². The van der Waals surface area contributed by atoms with Crippen molar-refractivity contribution >= 4 is 5.91 Å². The summed E-state index contributed by atoms with van der Waals surface area (Å²) < 4.78 is 11.3. The summed E-state index contributed by atoms with van der Waals surface area (Å²) >= 11 is 0. The van der Waals surface area contributed by atoms with Crippen LogP contribution in [0.1, 0.15) is 328 Å². The Hall–Kier alpha value is -2.37. The zero-order valence-corrected chi connectivity index (χ0v) is 53.5. The zero-order valence-electron chi connectivity index (χ0n) is 53.5. The zero-order chi connectivity index (χ0) is 59.3. The number of hydrogen-bond donors (Lipinski definition) is 6. The van der Waals surface area contributed by atoms with Gasteiger partial charge >= 0.3 is 0 Å². The molecule has 1 amide bonds. The van der Waals surface area contributed by atoms with E-state index in [9.17, 15) is 30.3 Å². The lowest BCUT2D eigenvalue weighted by atomic mass is 9.99. The van der Waals surface area contributed by atoms with E-state index in [4.69, 9.17) is 9.47 Å². The quantitative estimate of drug-likeness (QED) is 0.0261. The molecule has 1 heterocycles. The molecule has 6 N–H and O–H groups in total. The van der Waals surface area contributed by atoms with Crippen molar-refractivity contribution in [3.63, 3.8) is 0 Å². The third-order valence-electron chi connectivity index (χ3n) is 16.5. The maximum atomic E-state index is 13.1. The van der Waals surface area contributed by atoms with E-state index in [-0.39, 0.29) is 12.5 Å². The lowest BCUT2D eigenvalue weighted by Crippen LogP contribution is -2.60. The number of carbonyl (C=O) groups excluding carboxylic acids is 1. The SMILES string of the molecule is CCCCCCC/C=C\C/C=C\C/C=C\CCCCCCCCCCCCCCCCCCCCCCCCCCC(=O)NC(COC1OC(CO)C(O)C(O)C1O)C(O)/C=C/CC/C=C/CC/C=C/CCCCCCCCCCCC. The minimum Gasteiger partial charge on any atom is -0.394 e. The Morgan fingerprint density at radius 2 is 0.732 bits per heavy atom. The molecule has 478 valence electrons. The predicted octanol–water partition coefficient (Wildman–Crippen LogP) is 19.1. The Morgan fingerprint density at radius 3 is 1.11 bits per heavy atom. The number of carbonyl (C=O) groups is 1. The van der Waals surface area contributed by atoms with Crippen LogP contribution in [0.2, 0.25) is 0 Å². The van der Waals surface area contributed by atoms with Crippen LogP contribution in [0.5, 0.6) is 0 Å². The Balaban J connectivity index is 2.09. The fourth-order valence-electron chi connectivity index (χ4n) is 11.0. The molecule has 1 saturated heterocycles. The van der Waals surface area contributed by atoms with E-state index in [1.54, 1.807) is 6.08 Å². The second-order valence-electron chi connectivity index (χ2n) is 24.3. The van der Waals surface area contributed by atoms with Gasteiger partial charge in [-0.25, -0.2) is 0 Å². The molecular formula is C73H133NO8. The van der Waals surface area contributed by atoms with Crippen molar-refractivity contribution < 1.29 is 39.8 Å². The molecule has 9 heteroatoms. The highest BCUT2D eigenvalue weighted by Crippen LogP contribution is 2.23.